The molecular formula is C21H29NO4. The quantitative estimate of drug-likeness (QED) is 0.874. The minimum atomic E-state index is -0.0924. The molecule has 1 aromatic rings. The topological polar surface area (TPSA) is 56.8 Å². The van der Waals surface area contributed by atoms with Crippen LogP contribution in [0.1, 0.15) is 63.0 Å². The molecule has 1 aromatic carbocycles. The summed E-state index contributed by atoms with van der Waals surface area (Å²) in [5.74, 6) is 0.997. The predicted octanol–water partition coefficient (Wildman–Crippen LogP) is 3.52. The second-order valence-corrected chi connectivity index (χ2v) is 7.79. The minimum Gasteiger partial charge on any atom is -0.487 e. The van der Waals surface area contributed by atoms with E-state index in [0.717, 1.165) is 56.6 Å². The molecule has 2 aliphatic heterocycles. The molecule has 142 valence electrons. The van der Waals surface area contributed by atoms with Crippen molar-refractivity contribution >= 4 is 5.91 Å². The van der Waals surface area contributed by atoms with Gasteiger partial charge in [-0.25, -0.2) is 0 Å². The lowest BCUT2D eigenvalue weighted by atomic mass is 9.86. The first-order valence-corrected chi connectivity index (χ1v) is 10.0. The summed E-state index contributed by atoms with van der Waals surface area (Å²) in [6.07, 6.45) is 7.96. The van der Waals surface area contributed by atoms with E-state index >= 15 is 0 Å². The average Bonchev–Trinajstić information content (AvgIpc) is 3.10. The van der Waals surface area contributed by atoms with Crippen molar-refractivity contribution in [1.82, 2.24) is 5.32 Å². The van der Waals surface area contributed by atoms with Crippen molar-refractivity contribution in [2.45, 2.75) is 69.1 Å². The van der Waals surface area contributed by atoms with E-state index in [2.05, 4.69) is 11.4 Å². The third kappa shape index (κ3) is 4.04. The second kappa shape index (κ2) is 7.97. The van der Waals surface area contributed by atoms with E-state index < -0.39 is 0 Å². The molecule has 0 radical (unpaired) electrons. The zero-order valence-corrected chi connectivity index (χ0v) is 15.4. The molecule has 4 rings (SSSR count). The number of rotatable bonds is 5. The van der Waals surface area contributed by atoms with Crippen LogP contribution in [0.15, 0.2) is 24.3 Å². The summed E-state index contributed by atoms with van der Waals surface area (Å²) >= 11 is 0. The number of hydrogen-bond acceptors (Lipinski definition) is 4. The first kappa shape index (κ1) is 17.8. The van der Waals surface area contributed by atoms with E-state index in [0.29, 0.717) is 13.0 Å². The van der Waals surface area contributed by atoms with Crippen LogP contribution in [0.4, 0.5) is 0 Å². The van der Waals surface area contributed by atoms with Gasteiger partial charge in [0, 0.05) is 31.6 Å². The number of ether oxygens (including phenoxy) is 3. The highest BCUT2D eigenvalue weighted by molar-refractivity contribution is 5.76. The molecular weight excluding hydrogens is 330 g/mol. The zero-order chi connectivity index (χ0) is 17.8. The van der Waals surface area contributed by atoms with Crippen LogP contribution < -0.4 is 10.1 Å². The number of carbonyl (C=O) groups is 1. The van der Waals surface area contributed by atoms with Crippen LogP contribution >= 0.6 is 0 Å². The lowest BCUT2D eigenvalue weighted by Crippen LogP contribution is -2.43. The molecule has 0 bridgehead atoms. The van der Waals surface area contributed by atoms with Gasteiger partial charge in [0.2, 0.25) is 5.91 Å². The fourth-order valence-corrected chi connectivity index (χ4v) is 4.50. The van der Waals surface area contributed by atoms with Gasteiger partial charge in [-0.15, -0.1) is 0 Å². The summed E-state index contributed by atoms with van der Waals surface area (Å²) in [4.78, 5) is 12.5. The molecule has 1 N–H and O–H groups in total. The highest BCUT2D eigenvalue weighted by Gasteiger charge is 2.43. The van der Waals surface area contributed by atoms with Crippen molar-refractivity contribution < 1.29 is 19.0 Å². The largest absolute Gasteiger partial charge is 0.487 e. The predicted molar refractivity (Wildman–Crippen MR) is 98.2 cm³/mol. The van der Waals surface area contributed by atoms with E-state index in [-0.39, 0.29) is 23.7 Å². The highest BCUT2D eigenvalue weighted by Crippen LogP contribution is 2.46. The number of fused-ring (bicyclic) bond motifs is 1. The summed E-state index contributed by atoms with van der Waals surface area (Å²) in [5.41, 5.74) is 1.01. The van der Waals surface area contributed by atoms with E-state index in [1.807, 2.05) is 18.2 Å². The van der Waals surface area contributed by atoms with Gasteiger partial charge in [0.1, 0.15) is 11.4 Å². The normalized spacial score (nSPS) is 24.8. The molecule has 1 aliphatic carbocycles. The van der Waals surface area contributed by atoms with Crippen molar-refractivity contribution in [3.8, 4) is 5.75 Å². The maximum absolute atomic E-state index is 12.5. The minimum absolute atomic E-state index is 0.0358. The van der Waals surface area contributed by atoms with Crippen LogP contribution in [0.2, 0.25) is 0 Å². The summed E-state index contributed by atoms with van der Waals surface area (Å²) in [6.45, 7) is 2.00. The Hall–Kier alpha value is -1.59. The van der Waals surface area contributed by atoms with Crippen LogP contribution in [-0.4, -0.2) is 37.4 Å². The Balaban J connectivity index is 1.34. The standard InChI is InChI=1S/C21H29NO4/c23-20(9-14-25-16-7-12-24-13-8-16)22-18-15-21(10-3-4-11-21)26-19-6-2-1-5-17(18)19/h1-2,5-6,16,18H,3-4,7-15H2,(H,22,23)/t18-/m1/s1. The lowest BCUT2D eigenvalue weighted by Gasteiger charge is -2.40. The first-order chi connectivity index (χ1) is 12.7. The summed E-state index contributed by atoms with van der Waals surface area (Å²) in [7, 11) is 0. The third-order valence-electron chi connectivity index (χ3n) is 5.90. The van der Waals surface area contributed by atoms with Gasteiger partial charge in [0.05, 0.1) is 18.8 Å². The molecule has 2 heterocycles. The molecule has 0 unspecified atom stereocenters. The zero-order valence-electron chi connectivity index (χ0n) is 15.4. The van der Waals surface area contributed by atoms with Gasteiger partial charge in [-0.2, -0.15) is 0 Å². The number of carbonyl (C=O) groups excluding carboxylic acids is 1. The van der Waals surface area contributed by atoms with Crippen molar-refractivity contribution in [3.63, 3.8) is 0 Å². The van der Waals surface area contributed by atoms with Gasteiger partial charge in [-0.3, -0.25) is 4.79 Å². The van der Waals surface area contributed by atoms with Gasteiger partial charge in [-0.1, -0.05) is 18.2 Å². The number of para-hydroxylation sites is 1. The van der Waals surface area contributed by atoms with Gasteiger partial charge < -0.3 is 19.5 Å². The van der Waals surface area contributed by atoms with Crippen LogP contribution in [0.25, 0.3) is 0 Å². The van der Waals surface area contributed by atoms with Crippen LogP contribution in [0, 0.1) is 0 Å². The van der Waals surface area contributed by atoms with Crippen molar-refractivity contribution in [1.29, 1.82) is 0 Å². The molecule has 2 fully saturated rings. The maximum Gasteiger partial charge on any atom is 0.222 e. The Morgan fingerprint density at radius 3 is 2.77 bits per heavy atom. The van der Waals surface area contributed by atoms with Gasteiger partial charge >= 0.3 is 0 Å². The van der Waals surface area contributed by atoms with Crippen molar-refractivity contribution in [3.05, 3.63) is 29.8 Å². The van der Waals surface area contributed by atoms with Gasteiger partial charge in [0.25, 0.3) is 0 Å². The van der Waals surface area contributed by atoms with Crippen LogP contribution in [0.5, 0.6) is 5.75 Å². The number of benzene rings is 1. The molecule has 1 saturated carbocycles. The average molecular weight is 359 g/mol. The Kier molecular flexibility index (Phi) is 5.46. The fourth-order valence-electron chi connectivity index (χ4n) is 4.50. The second-order valence-electron chi connectivity index (χ2n) is 7.79. The molecule has 5 heteroatoms. The highest BCUT2D eigenvalue weighted by atomic mass is 16.5. The van der Waals surface area contributed by atoms with Gasteiger partial charge in [0.15, 0.2) is 0 Å². The SMILES string of the molecule is O=C(CCOC1CCOCC1)N[C@@H]1CC2(CCCC2)Oc2ccccc21. The molecule has 1 amide bonds. The van der Waals surface area contributed by atoms with Gasteiger partial charge in [-0.05, 0) is 44.6 Å². The molecule has 1 atom stereocenters. The van der Waals surface area contributed by atoms with E-state index in [9.17, 15) is 4.79 Å². The lowest BCUT2D eigenvalue weighted by molar-refractivity contribution is -0.124. The number of nitrogens with one attached hydrogen (secondary N) is 1. The third-order valence-corrected chi connectivity index (χ3v) is 5.90. The smallest absolute Gasteiger partial charge is 0.222 e. The van der Waals surface area contributed by atoms with Crippen LogP contribution in [0.3, 0.4) is 0 Å². The summed E-state index contributed by atoms with van der Waals surface area (Å²) in [6, 6.07) is 8.16. The number of amides is 1. The Labute approximate surface area is 155 Å². The van der Waals surface area contributed by atoms with E-state index in [4.69, 9.17) is 14.2 Å². The first-order valence-electron chi connectivity index (χ1n) is 10.0. The fraction of sp³-hybridized carbons (Fsp3) is 0.667. The van der Waals surface area contributed by atoms with Crippen molar-refractivity contribution in [2.24, 2.45) is 0 Å². The molecule has 1 saturated heterocycles. The van der Waals surface area contributed by atoms with E-state index in [1.165, 1.54) is 12.8 Å². The molecule has 3 aliphatic rings. The van der Waals surface area contributed by atoms with E-state index in [1.54, 1.807) is 0 Å². The molecule has 1 spiro atoms. The monoisotopic (exact) mass is 359 g/mol. The summed E-state index contributed by atoms with van der Waals surface area (Å²) in [5, 5.41) is 3.24. The Morgan fingerprint density at radius 2 is 1.96 bits per heavy atom. The maximum atomic E-state index is 12.5. The molecule has 5 nitrogen and oxygen atoms in total. The molecule has 0 aromatic heterocycles. The van der Waals surface area contributed by atoms with Crippen LogP contribution in [-0.2, 0) is 14.3 Å². The van der Waals surface area contributed by atoms with Crippen molar-refractivity contribution in [2.75, 3.05) is 19.8 Å². The Bertz CT molecular complexity index is 620. The number of hydrogen-bond donors (Lipinski definition) is 1. The summed E-state index contributed by atoms with van der Waals surface area (Å²) < 4.78 is 17.5. The molecule has 26 heavy (non-hydrogen) atoms. The Morgan fingerprint density at radius 1 is 1.19 bits per heavy atom.